The molecule has 0 aromatic carbocycles. The molecule has 4 nitrogen and oxygen atoms in total. The number of carbonyl (C=O) groups excluding carboxylic acids is 1. The third-order valence-electron chi connectivity index (χ3n) is 4.91. The van der Waals surface area contributed by atoms with Gasteiger partial charge in [0.2, 0.25) is 0 Å². The Morgan fingerprint density at radius 3 is 2.19 bits per heavy atom. The molecule has 0 aromatic heterocycles. The van der Waals surface area contributed by atoms with E-state index in [0.717, 1.165) is 44.3 Å². The largest absolute Gasteiger partial charge is 0.444 e. The van der Waals surface area contributed by atoms with Crippen molar-refractivity contribution in [2.45, 2.75) is 96.3 Å². The van der Waals surface area contributed by atoms with E-state index < -0.39 is 5.60 Å². The third kappa shape index (κ3) is 10.2. The Morgan fingerprint density at radius 2 is 1.63 bits per heavy atom. The third-order valence-corrected chi connectivity index (χ3v) is 5.18. The maximum absolute atomic E-state index is 12.0. The molecule has 0 unspecified atom stereocenters. The molecule has 1 aliphatic rings. The quantitative estimate of drug-likeness (QED) is 0.280. The van der Waals surface area contributed by atoms with Gasteiger partial charge in [-0.25, -0.2) is 4.79 Å². The Bertz CT molecular complexity index is 492. The van der Waals surface area contributed by atoms with Gasteiger partial charge in [-0.05, 0) is 58.4 Å². The first kappa shape index (κ1) is 24.0. The van der Waals surface area contributed by atoms with E-state index in [1.165, 1.54) is 25.7 Å². The normalized spacial score (nSPS) is 19.3. The molecule has 5 heteroatoms. The molecule has 1 fully saturated rings. The predicted molar refractivity (Wildman–Crippen MR) is 113 cm³/mol. The molecule has 0 atom stereocenters. The molecule has 0 saturated heterocycles. The van der Waals surface area contributed by atoms with E-state index in [4.69, 9.17) is 21.1 Å². The molecule has 0 spiro atoms. The first-order chi connectivity index (χ1) is 12.6. The van der Waals surface area contributed by atoms with Gasteiger partial charge >= 0.3 is 6.09 Å². The van der Waals surface area contributed by atoms with E-state index in [-0.39, 0.29) is 18.2 Å². The number of amides is 1. The molecule has 1 amide bonds. The summed E-state index contributed by atoms with van der Waals surface area (Å²) >= 11 is 5.80. The predicted octanol–water partition coefficient (Wildman–Crippen LogP) is 6.44. The SMILES string of the molecule is C=C(Cl)C(=C)CCCCCCCCOC1CC(N(C)C(=O)OC(C)(C)C)C1. The van der Waals surface area contributed by atoms with E-state index in [9.17, 15) is 4.79 Å². The van der Waals surface area contributed by atoms with Crippen LogP contribution >= 0.6 is 11.6 Å². The molecular formula is C22H38ClNO3. The zero-order chi connectivity index (χ0) is 20.4. The monoisotopic (exact) mass is 399 g/mol. The molecule has 0 heterocycles. The molecule has 0 aliphatic heterocycles. The molecule has 0 bridgehead atoms. The van der Waals surface area contributed by atoms with Gasteiger partial charge in [0, 0.05) is 24.7 Å². The summed E-state index contributed by atoms with van der Waals surface area (Å²) in [6.45, 7) is 14.1. The van der Waals surface area contributed by atoms with E-state index in [0.29, 0.717) is 5.03 Å². The van der Waals surface area contributed by atoms with Crippen LogP contribution in [-0.4, -0.2) is 42.4 Å². The van der Waals surface area contributed by atoms with Crippen molar-refractivity contribution >= 4 is 17.7 Å². The second kappa shape index (κ2) is 11.8. The van der Waals surface area contributed by atoms with Gasteiger partial charge < -0.3 is 14.4 Å². The maximum Gasteiger partial charge on any atom is 0.410 e. The fourth-order valence-electron chi connectivity index (χ4n) is 3.01. The van der Waals surface area contributed by atoms with Crippen molar-refractivity contribution < 1.29 is 14.3 Å². The van der Waals surface area contributed by atoms with Gasteiger partial charge in [-0.15, -0.1) is 0 Å². The van der Waals surface area contributed by atoms with Gasteiger partial charge in [-0.3, -0.25) is 0 Å². The lowest BCUT2D eigenvalue weighted by Crippen LogP contribution is -2.50. The highest BCUT2D eigenvalue weighted by Gasteiger charge is 2.36. The molecular weight excluding hydrogens is 362 g/mol. The highest BCUT2D eigenvalue weighted by molar-refractivity contribution is 6.31. The number of rotatable bonds is 12. The lowest BCUT2D eigenvalue weighted by Gasteiger charge is -2.41. The zero-order valence-corrected chi connectivity index (χ0v) is 18.4. The Morgan fingerprint density at radius 1 is 1.07 bits per heavy atom. The second-order valence-corrected chi connectivity index (χ2v) is 9.05. The number of hydrogen-bond donors (Lipinski definition) is 0. The van der Waals surface area contributed by atoms with Crippen molar-refractivity contribution in [2.75, 3.05) is 13.7 Å². The summed E-state index contributed by atoms with van der Waals surface area (Å²) in [5.41, 5.74) is 0.513. The minimum atomic E-state index is -0.447. The molecule has 1 saturated carbocycles. The zero-order valence-electron chi connectivity index (χ0n) is 17.7. The average molecular weight is 400 g/mol. The fourth-order valence-corrected chi connectivity index (χ4v) is 3.10. The number of carbonyl (C=O) groups is 1. The summed E-state index contributed by atoms with van der Waals surface area (Å²) in [6, 6.07) is 0.240. The molecule has 0 aromatic rings. The number of ether oxygens (including phenoxy) is 2. The van der Waals surface area contributed by atoms with E-state index in [1.807, 2.05) is 27.8 Å². The first-order valence-corrected chi connectivity index (χ1v) is 10.6. The van der Waals surface area contributed by atoms with Crippen LogP contribution in [0.1, 0.15) is 78.6 Å². The minimum absolute atomic E-state index is 0.240. The van der Waals surface area contributed by atoms with E-state index >= 15 is 0 Å². The Kier molecular flexibility index (Phi) is 10.5. The van der Waals surface area contributed by atoms with Gasteiger partial charge in [0.05, 0.1) is 6.10 Å². The molecule has 1 rings (SSSR count). The number of hydrogen-bond acceptors (Lipinski definition) is 3. The number of halogens is 1. The minimum Gasteiger partial charge on any atom is -0.444 e. The van der Waals surface area contributed by atoms with E-state index in [2.05, 4.69) is 13.2 Å². The van der Waals surface area contributed by atoms with Crippen LogP contribution in [0.25, 0.3) is 0 Å². The topological polar surface area (TPSA) is 38.8 Å². The van der Waals surface area contributed by atoms with Gasteiger partial charge in [0.1, 0.15) is 5.60 Å². The Labute approximate surface area is 170 Å². The highest BCUT2D eigenvalue weighted by Crippen LogP contribution is 2.29. The molecule has 1 aliphatic carbocycles. The summed E-state index contributed by atoms with van der Waals surface area (Å²) in [4.78, 5) is 13.7. The van der Waals surface area contributed by atoms with E-state index in [1.54, 1.807) is 4.90 Å². The molecule has 0 N–H and O–H groups in total. The maximum atomic E-state index is 12.0. The first-order valence-electron chi connectivity index (χ1n) is 10.2. The van der Waals surface area contributed by atoms with Crippen LogP contribution in [0.3, 0.4) is 0 Å². The summed E-state index contributed by atoms with van der Waals surface area (Å²) in [5.74, 6) is 0. The van der Waals surface area contributed by atoms with Crippen LogP contribution in [0.15, 0.2) is 23.8 Å². The number of allylic oxidation sites excluding steroid dienone is 2. The summed E-state index contributed by atoms with van der Waals surface area (Å²) < 4.78 is 11.3. The molecule has 156 valence electrons. The smallest absolute Gasteiger partial charge is 0.410 e. The van der Waals surface area contributed by atoms with Gasteiger partial charge in [-0.1, -0.05) is 50.4 Å². The number of unbranched alkanes of at least 4 members (excludes halogenated alkanes) is 5. The average Bonchev–Trinajstić information content (AvgIpc) is 2.52. The molecule has 0 radical (unpaired) electrons. The fraction of sp³-hybridized carbons (Fsp3) is 0.773. The van der Waals surface area contributed by atoms with Crippen molar-refractivity contribution in [3.63, 3.8) is 0 Å². The van der Waals surface area contributed by atoms with Crippen LogP contribution in [-0.2, 0) is 9.47 Å². The Balaban J connectivity index is 1.96. The van der Waals surface area contributed by atoms with Gasteiger partial charge in [0.15, 0.2) is 0 Å². The van der Waals surface area contributed by atoms with Crippen molar-refractivity contribution in [1.29, 1.82) is 0 Å². The van der Waals surface area contributed by atoms with Crippen molar-refractivity contribution in [3.05, 3.63) is 23.8 Å². The lowest BCUT2D eigenvalue weighted by atomic mass is 9.88. The summed E-state index contributed by atoms with van der Waals surface area (Å²) in [7, 11) is 1.81. The van der Waals surface area contributed by atoms with Crippen LogP contribution < -0.4 is 0 Å². The standard InChI is InChI=1S/C22H38ClNO3/c1-17(18(2)23)13-11-9-7-8-10-12-14-26-20-15-19(16-20)24(6)21(25)27-22(3,4)5/h19-20H,1-2,7-16H2,3-6H3. The Hall–Kier alpha value is -1.00. The van der Waals surface area contributed by atoms with Crippen molar-refractivity contribution in [1.82, 2.24) is 4.90 Å². The lowest BCUT2D eigenvalue weighted by molar-refractivity contribution is -0.0518. The van der Waals surface area contributed by atoms with Crippen LogP contribution in [0, 0.1) is 0 Å². The van der Waals surface area contributed by atoms with Gasteiger partial charge in [-0.2, -0.15) is 0 Å². The second-order valence-electron chi connectivity index (χ2n) is 8.59. The van der Waals surface area contributed by atoms with Crippen LogP contribution in [0.5, 0.6) is 0 Å². The van der Waals surface area contributed by atoms with Crippen LogP contribution in [0.4, 0.5) is 4.79 Å². The van der Waals surface area contributed by atoms with Crippen molar-refractivity contribution in [3.8, 4) is 0 Å². The summed E-state index contributed by atoms with van der Waals surface area (Å²) in [5, 5.41) is 0.586. The van der Waals surface area contributed by atoms with Crippen LogP contribution in [0.2, 0.25) is 0 Å². The molecule has 27 heavy (non-hydrogen) atoms. The van der Waals surface area contributed by atoms with Gasteiger partial charge in [0.25, 0.3) is 0 Å². The van der Waals surface area contributed by atoms with Crippen molar-refractivity contribution in [2.24, 2.45) is 0 Å². The number of nitrogens with zero attached hydrogens (tertiary/aromatic N) is 1. The summed E-state index contributed by atoms with van der Waals surface area (Å²) in [6.07, 6.45) is 9.95. The highest BCUT2D eigenvalue weighted by atomic mass is 35.5.